The molecule has 0 saturated carbocycles. The second-order valence-corrected chi connectivity index (χ2v) is 20.2. The van der Waals surface area contributed by atoms with Crippen LogP contribution in [0.1, 0.15) is 47.9 Å². The monoisotopic (exact) mass is 922 g/mol. The molecule has 0 bridgehead atoms. The van der Waals surface area contributed by atoms with E-state index in [1.165, 1.54) is 22.3 Å². The summed E-state index contributed by atoms with van der Waals surface area (Å²) in [5.41, 5.74) is 10.3. The first-order chi connectivity index (χ1) is 33.7. The van der Waals surface area contributed by atoms with Crippen LogP contribution in [0.3, 0.4) is 0 Å². The van der Waals surface area contributed by atoms with Crippen molar-refractivity contribution in [3.05, 3.63) is 192 Å². The van der Waals surface area contributed by atoms with Gasteiger partial charge in [-0.25, -0.2) is 0 Å². The highest BCUT2D eigenvalue weighted by atomic mass is 31.1. The van der Waals surface area contributed by atoms with E-state index in [-0.39, 0.29) is 0 Å². The van der Waals surface area contributed by atoms with Crippen LogP contribution in [0.15, 0.2) is 187 Å². The standard InChI is InChI=1S/C60H44O6P2/c1-7-19-43-37(13-1)25-31-49-55(43)56-44-20-8-2-14-38(44)26-32-50(56)62-67(61-49)65-53-35-29-41-17-5-11-23-47(41)59(53)60-48-24-12-6-18-42(48)30-36-54(60)66-68-63-51-33-27-39-15-3-9-21-45(39)57(51)58-46-22-10-4-16-40(46)28-34-52(58)64-68/h1-4,7-10,13-16,19-22,25-36H,5-6,11-12,17-18,23-24H2. The minimum atomic E-state index is -1.99. The summed E-state index contributed by atoms with van der Waals surface area (Å²) in [5.74, 6) is 1.44. The summed E-state index contributed by atoms with van der Waals surface area (Å²) in [6.07, 6.45) is 8.33. The molecule has 0 spiro atoms. The van der Waals surface area contributed by atoms with Crippen molar-refractivity contribution in [3.63, 3.8) is 0 Å². The van der Waals surface area contributed by atoms with Crippen LogP contribution >= 0.6 is 16.5 Å². The number of fused-ring (bicyclic) bond motifs is 16. The Morgan fingerprint density at radius 3 is 0.956 bits per heavy atom. The smallest absolute Gasteiger partial charge is 0.390 e. The second-order valence-electron chi connectivity index (χ2n) is 18.2. The topological polar surface area (TPSA) is 71.0 Å². The molecule has 0 atom stereocenters. The summed E-state index contributed by atoms with van der Waals surface area (Å²) in [6.45, 7) is 0. The summed E-state index contributed by atoms with van der Waals surface area (Å²) in [5, 5.41) is 13.0. The number of benzene rings is 10. The van der Waals surface area contributed by atoms with Crippen molar-refractivity contribution < 1.29 is 25.8 Å². The van der Waals surface area contributed by atoms with Gasteiger partial charge in [-0.2, -0.15) is 0 Å². The van der Waals surface area contributed by atoms with Gasteiger partial charge in [-0.3, -0.25) is 0 Å². The van der Waals surface area contributed by atoms with Gasteiger partial charge in [0.2, 0.25) is 0 Å². The minimum Gasteiger partial charge on any atom is -0.390 e. The Bertz CT molecular complexity index is 3670. The molecule has 0 N–H and O–H groups in total. The molecule has 330 valence electrons. The first-order valence-electron chi connectivity index (χ1n) is 23.8. The maximum absolute atomic E-state index is 7.26. The van der Waals surface area contributed by atoms with Crippen LogP contribution in [0, 0.1) is 0 Å². The zero-order valence-electron chi connectivity index (χ0n) is 37.2. The molecule has 2 heterocycles. The minimum absolute atomic E-state index is 0.719. The van der Waals surface area contributed by atoms with E-state index >= 15 is 0 Å². The van der Waals surface area contributed by atoms with Crippen molar-refractivity contribution in [1.29, 1.82) is 0 Å². The average Bonchev–Trinajstić information content (AvgIpc) is 3.66. The van der Waals surface area contributed by atoms with E-state index in [2.05, 4.69) is 170 Å². The molecule has 2 aliphatic rings. The SMILES string of the molecule is c1ccc2c(c1)ccc1op(Oc3ccc4c(c3-c3c(Op5oc6ccc7ccccc7c6c6c(ccc7ccccc76)o5)ccc5c3CCCC5)CCCC4)oc3ccc4ccccc4c3c12. The Morgan fingerprint density at radius 2 is 0.618 bits per heavy atom. The zero-order chi connectivity index (χ0) is 44.7. The third-order valence-electron chi connectivity index (χ3n) is 14.3. The molecule has 8 heteroatoms. The van der Waals surface area contributed by atoms with E-state index < -0.39 is 16.5 Å². The molecule has 0 fully saturated rings. The maximum atomic E-state index is 7.26. The van der Waals surface area contributed by atoms with E-state index in [0.717, 1.165) is 161 Å². The van der Waals surface area contributed by atoms with Crippen LogP contribution in [0.4, 0.5) is 0 Å². The molecule has 0 aliphatic heterocycles. The molecular formula is C60H44O6P2. The van der Waals surface area contributed by atoms with E-state index in [0.29, 0.717) is 0 Å². The fourth-order valence-electron chi connectivity index (χ4n) is 11.2. The molecule has 0 saturated heterocycles. The van der Waals surface area contributed by atoms with E-state index in [4.69, 9.17) is 25.8 Å². The van der Waals surface area contributed by atoms with Crippen molar-refractivity contribution in [1.82, 2.24) is 0 Å². The lowest BCUT2D eigenvalue weighted by molar-refractivity contribution is 0.492. The first-order valence-corrected chi connectivity index (χ1v) is 25.9. The lowest BCUT2D eigenvalue weighted by Crippen LogP contribution is -2.10. The second kappa shape index (κ2) is 16.2. The van der Waals surface area contributed by atoms with Gasteiger partial charge < -0.3 is 25.8 Å². The van der Waals surface area contributed by atoms with Crippen LogP contribution in [0.5, 0.6) is 11.5 Å². The van der Waals surface area contributed by atoms with E-state index in [9.17, 15) is 0 Å². The summed E-state index contributed by atoms with van der Waals surface area (Å²) in [7, 11) is -3.99. The normalized spacial score (nSPS) is 13.7. The summed E-state index contributed by atoms with van der Waals surface area (Å²) < 4.78 is 42.5. The number of rotatable bonds is 5. The summed E-state index contributed by atoms with van der Waals surface area (Å²) in [4.78, 5) is 0. The first kappa shape index (κ1) is 39.8. The highest BCUT2D eigenvalue weighted by Gasteiger charge is 2.29. The number of hydrogen-bond acceptors (Lipinski definition) is 6. The molecule has 68 heavy (non-hydrogen) atoms. The molecule has 2 aliphatic carbocycles. The maximum Gasteiger partial charge on any atom is 0.453 e. The molecule has 6 nitrogen and oxygen atoms in total. The molecule has 0 unspecified atom stereocenters. The van der Waals surface area contributed by atoms with Gasteiger partial charge in [0.25, 0.3) is 0 Å². The molecule has 12 aromatic rings. The summed E-state index contributed by atoms with van der Waals surface area (Å²) >= 11 is 0. The van der Waals surface area contributed by atoms with Gasteiger partial charge in [-0.15, -0.1) is 0 Å². The third kappa shape index (κ3) is 6.54. The van der Waals surface area contributed by atoms with Gasteiger partial charge in [0, 0.05) is 32.7 Å². The quantitative estimate of drug-likeness (QED) is 0.171. The van der Waals surface area contributed by atoms with Crippen molar-refractivity contribution >= 4 is 103 Å². The third-order valence-corrected chi connectivity index (χ3v) is 16.4. The van der Waals surface area contributed by atoms with Crippen molar-refractivity contribution in [2.45, 2.75) is 51.4 Å². The largest absolute Gasteiger partial charge is 0.453 e. The van der Waals surface area contributed by atoms with Gasteiger partial charge in [-0.1, -0.05) is 133 Å². The molecule has 10 aromatic carbocycles. The van der Waals surface area contributed by atoms with E-state index in [1.807, 2.05) is 0 Å². The van der Waals surface area contributed by atoms with Crippen molar-refractivity contribution in [2.24, 2.45) is 0 Å². The van der Waals surface area contributed by atoms with Gasteiger partial charge in [0.15, 0.2) is 0 Å². The Hall–Kier alpha value is -7.36. The average molecular weight is 923 g/mol. The molecule has 2 aromatic heterocycles. The zero-order valence-corrected chi connectivity index (χ0v) is 39.0. The Balaban J connectivity index is 1.00. The van der Waals surface area contributed by atoms with Crippen molar-refractivity contribution in [2.75, 3.05) is 0 Å². The fraction of sp³-hybridized carbons (Fsp3) is 0.133. The van der Waals surface area contributed by atoms with Crippen LogP contribution in [0.25, 0.3) is 98.1 Å². The fourth-order valence-corrected chi connectivity index (χ4v) is 13.3. The van der Waals surface area contributed by atoms with Crippen LogP contribution in [0.2, 0.25) is 0 Å². The van der Waals surface area contributed by atoms with Gasteiger partial charge in [0.05, 0.1) is 0 Å². The predicted molar refractivity (Wildman–Crippen MR) is 280 cm³/mol. The van der Waals surface area contributed by atoms with Gasteiger partial charge >= 0.3 is 16.5 Å². The van der Waals surface area contributed by atoms with E-state index in [1.54, 1.807) is 0 Å². The summed E-state index contributed by atoms with van der Waals surface area (Å²) in [6, 6.07) is 59.5. The highest BCUT2D eigenvalue weighted by molar-refractivity contribution is 7.32. The Morgan fingerprint density at radius 1 is 0.309 bits per heavy atom. The Kier molecular flexibility index (Phi) is 9.45. The highest BCUT2D eigenvalue weighted by Crippen LogP contribution is 2.52. The molecule has 0 radical (unpaired) electrons. The lowest BCUT2D eigenvalue weighted by Gasteiger charge is -2.27. The van der Waals surface area contributed by atoms with Crippen LogP contribution < -0.4 is 9.05 Å². The number of hydrogen-bond donors (Lipinski definition) is 0. The number of aryl methyl sites for hydroxylation is 2. The van der Waals surface area contributed by atoms with Gasteiger partial charge in [0.1, 0.15) is 33.8 Å². The van der Waals surface area contributed by atoms with Gasteiger partial charge in [-0.05, 0) is 153 Å². The van der Waals surface area contributed by atoms with Crippen molar-refractivity contribution in [3.8, 4) is 22.6 Å². The molecule has 0 amide bonds. The molecular weight excluding hydrogens is 879 g/mol. The lowest BCUT2D eigenvalue weighted by atomic mass is 9.80. The predicted octanol–water partition coefficient (Wildman–Crippen LogP) is 18.6. The molecule has 14 rings (SSSR count). The van der Waals surface area contributed by atoms with Crippen LogP contribution in [-0.2, 0) is 25.7 Å². The van der Waals surface area contributed by atoms with Crippen LogP contribution in [-0.4, -0.2) is 0 Å². The Labute approximate surface area is 393 Å².